The lowest BCUT2D eigenvalue weighted by molar-refractivity contribution is -0.145. The van der Waals surface area contributed by atoms with Crippen molar-refractivity contribution in [2.45, 2.75) is 19.4 Å². The number of benzene rings is 1. The third-order valence-electron chi connectivity index (χ3n) is 2.74. The Morgan fingerprint density at radius 1 is 1.35 bits per heavy atom. The molecule has 0 aliphatic heterocycles. The van der Waals surface area contributed by atoms with Crippen LogP contribution in [0.3, 0.4) is 0 Å². The third kappa shape index (κ3) is 5.91. The van der Waals surface area contributed by atoms with Crippen LogP contribution >= 0.6 is 0 Å². The van der Waals surface area contributed by atoms with Crippen LogP contribution < -0.4 is 5.32 Å². The molecule has 1 rings (SSSR count). The summed E-state index contributed by atoms with van der Waals surface area (Å²) in [5, 5.41) is 2.06. The second kappa shape index (κ2) is 7.97. The molecule has 0 heterocycles. The number of ether oxygens (including phenoxy) is 1. The summed E-state index contributed by atoms with van der Waals surface area (Å²) < 4.78 is 61.5. The summed E-state index contributed by atoms with van der Waals surface area (Å²) in [6, 6.07) is 1.48. The van der Waals surface area contributed by atoms with Crippen LogP contribution in [0.5, 0.6) is 0 Å². The lowest BCUT2D eigenvalue weighted by Crippen LogP contribution is -2.43. The van der Waals surface area contributed by atoms with E-state index < -0.39 is 57.4 Å². The number of rotatable bonds is 7. The maximum Gasteiger partial charge on any atom is 0.328 e. The lowest BCUT2D eigenvalue weighted by Gasteiger charge is -2.17. The highest BCUT2D eigenvalue weighted by atomic mass is 32.2. The minimum Gasteiger partial charge on any atom is -0.464 e. The highest BCUT2D eigenvalue weighted by Crippen LogP contribution is 2.12. The van der Waals surface area contributed by atoms with Gasteiger partial charge in [0.2, 0.25) is 0 Å². The van der Waals surface area contributed by atoms with E-state index >= 15 is 0 Å². The van der Waals surface area contributed by atoms with Crippen molar-refractivity contribution in [3.63, 3.8) is 0 Å². The topological polar surface area (TPSA) is 110 Å². The Labute approximate surface area is 131 Å². The molecule has 1 atom stereocenters. The van der Waals surface area contributed by atoms with Crippen LogP contribution in [0.4, 0.5) is 8.78 Å². The molecular weight excluding hydrogens is 336 g/mol. The zero-order valence-corrected chi connectivity index (χ0v) is 12.9. The second-order valence-electron chi connectivity index (χ2n) is 4.45. The normalized spacial score (nSPS) is 12.5. The fourth-order valence-electron chi connectivity index (χ4n) is 1.67. The van der Waals surface area contributed by atoms with Crippen molar-refractivity contribution in [1.29, 1.82) is 0 Å². The maximum absolute atomic E-state index is 13.5. The monoisotopic (exact) mass is 351 g/mol. The molecule has 0 aromatic heterocycles. The molecule has 2 N–H and O–H groups in total. The first kappa shape index (κ1) is 19.0. The van der Waals surface area contributed by atoms with E-state index in [-0.39, 0.29) is 6.61 Å². The van der Waals surface area contributed by atoms with Gasteiger partial charge in [0.1, 0.15) is 6.04 Å². The minimum absolute atomic E-state index is 0.0363. The van der Waals surface area contributed by atoms with Crippen molar-refractivity contribution < 1.29 is 36.1 Å². The Hall–Kier alpha value is -2.07. The highest BCUT2D eigenvalue weighted by Gasteiger charge is 2.26. The summed E-state index contributed by atoms with van der Waals surface area (Å²) in [5.74, 6) is -5.54. The predicted octanol–water partition coefficient (Wildman–Crippen LogP) is 0.904. The standard InChI is InChI=1S/C13H15F2NO6S/c1-2-22-13(18)10(6-7-23(19,20)21)16-12(17)8-4-3-5-9(14)11(8)15/h3-5,10H,2,6-7H2,1H3,(H,16,17)(H,19,20,21)/t10-/m0/s1. The van der Waals surface area contributed by atoms with Gasteiger partial charge in [0.15, 0.2) is 11.6 Å². The van der Waals surface area contributed by atoms with E-state index in [1.165, 1.54) is 6.92 Å². The molecule has 0 spiro atoms. The van der Waals surface area contributed by atoms with Crippen LogP contribution in [0.1, 0.15) is 23.7 Å². The van der Waals surface area contributed by atoms with E-state index in [4.69, 9.17) is 4.55 Å². The third-order valence-corrected chi connectivity index (χ3v) is 3.49. The Morgan fingerprint density at radius 2 is 2.00 bits per heavy atom. The molecule has 0 saturated carbocycles. The van der Waals surface area contributed by atoms with Gasteiger partial charge >= 0.3 is 5.97 Å². The smallest absolute Gasteiger partial charge is 0.328 e. The molecule has 1 amide bonds. The second-order valence-corrected chi connectivity index (χ2v) is 6.03. The first-order valence-corrected chi connectivity index (χ1v) is 8.13. The molecule has 0 aliphatic carbocycles. The highest BCUT2D eigenvalue weighted by molar-refractivity contribution is 7.85. The number of nitrogens with one attached hydrogen (secondary N) is 1. The molecule has 1 aromatic carbocycles. The van der Waals surface area contributed by atoms with Gasteiger partial charge in [-0.05, 0) is 25.5 Å². The molecule has 0 radical (unpaired) electrons. The SMILES string of the molecule is CCOC(=O)[C@H](CCS(=O)(=O)O)NC(=O)c1cccc(F)c1F. The van der Waals surface area contributed by atoms with E-state index in [0.29, 0.717) is 0 Å². The van der Waals surface area contributed by atoms with Crippen LogP contribution in [0, 0.1) is 11.6 Å². The Balaban J connectivity index is 2.92. The zero-order valence-electron chi connectivity index (χ0n) is 12.1. The molecule has 1 aromatic rings. The molecule has 0 aliphatic rings. The van der Waals surface area contributed by atoms with E-state index in [0.717, 1.165) is 18.2 Å². The van der Waals surface area contributed by atoms with E-state index in [1.54, 1.807) is 0 Å². The van der Waals surface area contributed by atoms with Crippen molar-refractivity contribution in [2.75, 3.05) is 12.4 Å². The Kier molecular flexibility index (Phi) is 6.58. The van der Waals surface area contributed by atoms with Crippen molar-refractivity contribution in [1.82, 2.24) is 5.32 Å². The molecule has 128 valence electrons. The van der Waals surface area contributed by atoms with Crippen molar-refractivity contribution in [3.05, 3.63) is 35.4 Å². The number of halogens is 2. The summed E-state index contributed by atoms with van der Waals surface area (Å²) >= 11 is 0. The average molecular weight is 351 g/mol. The van der Waals surface area contributed by atoms with Gasteiger partial charge in [0.05, 0.1) is 17.9 Å². The van der Waals surface area contributed by atoms with Crippen LogP contribution in [-0.4, -0.2) is 43.2 Å². The summed E-state index contributed by atoms with van der Waals surface area (Å²) in [7, 11) is -4.38. The van der Waals surface area contributed by atoms with Gasteiger partial charge in [0.25, 0.3) is 16.0 Å². The van der Waals surface area contributed by atoms with E-state index in [2.05, 4.69) is 10.1 Å². The van der Waals surface area contributed by atoms with Crippen molar-refractivity contribution in [2.24, 2.45) is 0 Å². The number of hydrogen-bond donors (Lipinski definition) is 2. The van der Waals surface area contributed by atoms with Crippen molar-refractivity contribution >= 4 is 22.0 Å². The van der Waals surface area contributed by atoms with Gasteiger partial charge in [-0.25, -0.2) is 13.6 Å². The number of carbonyl (C=O) groups excluding carboxylic acids is 2. The van der Waals surface area contributed by atoms with Gasteiger partial charge in [-0.1, -0.05) is 6.07 Å². The molecule has 0 saturated heterocycles. The molecule has 10 heteroatoms. The van der Waals surface area contributed by atoms with Gasteiger partial charge in [0, 0.05) is 0 Å². The van der Waals surface area contributed by atoms with Crippen LogP contribution in [-0.2, 0) is 19.6 Å². The Morgan fingerprint density at radius 3 is 2.57 bits per heavy atom. The molecule has 0 unspecified atom stereocenters. The van der Waals surface area contributed by atoms with Gasteiger partial charge in [-0.2, -0.15) is 8.42 Å². The maximum atomic E-state index is 13.5. The number of carbonyl (C=O) groups is 2. The molecule has 0 bridgehead atoms. The van der Waals surface area contributed by atoms with Gasteiger partial charge in [-0.15, -0.1) is 0 Å². The summed E-state index contributed by atoms with van der Waals surface area (Å²) in [6.07, 6.45) is -0.486. The zero-order chi connectivity index (χ0) is 17.6. The first-order valence-electron chi connectivity index (χ1n) is 6.52. The number of amides is 1. The first-order chi connectivity index (χ1) is 10.7. The van der Waals surface area contributed by atoms with Crippen LogP contribution in [0.25, 0.3) is 0 Å². The number of esters is 1. The molecule has 0 fully saturated rings. The largest absolute Gasteiger partial charge is 0.464 e. The van der Waals surface area contributed by atoms with E-state index in [9.17, 15) is 26.8 Å². The summed E-state index contributed by atoms with van der Waals surface area (Å²) in [5.41, 5.74) is -0.647. The van der Waals surface area contributed by atoms with Gasteiger partial charge in [-0.3, -0.25) is 9.35 Å². The van der Waals surface area contributed by atoms with Crippen LogP contribution in [0.2, 0.25) is 0 Å². The van der Waals surface area contributed by atoms with Crippen LogP contribution in [0.15, 0.2) is 18.2 Å². The number of hydrogen-bond acceptors (Lipinski definition) is 5. The van der Waals surface area contributed by atoms with Crippen molar-refractivity contribution in [3.8, 4) is 0 Å². The molecular formula is C13H15F2NO6S. The molecule has 23 heavy (non-hydrogen) atoms. The molecule has 7 nitrogen and oxygen atoms in total. The predicted molar refractivity (Wildman–Crippen MR) is 75.3 cm³/mol. The lowest BCUT2D eigenvalue weighted by atomic mass is 10.1. The summed E-state index contributed by atoms with van der Waals surface area (Å²) in [6.45, 7) is 1.46. The van der Waals surface area contributed by atoms with Gasteiger partial charge < -0.3 is 10.1 Å². The fraction of sp³-hybridized carbons (Fsp3) is 0.385. The minimum atomic E-state index is -4.38. The quantitative estimate of drug-likeness (QED) is 0.558. The Bertz CT molecular complexity index is 692. The van der Waals surface area contributed by atoms with E-state index in [1.807, 2.05) is 0 Å². The summed E-state index contributed by atoms with van der Waals surface area (Å²) in [4.78, 5) is 23.6. The fourth-order valence-corrected chi connectivity index (χ4v) is 2.21. The average Bonchev–Trinajstić information content (AvgIpc) is 2.45.